The van der Waals surface area contributed by atoms with Crippen molar-refractivity contribution in [1.29, 1.82) is 0 Å². The Morgan fingerprint density at radius 3 is 2.40 bits per heavy atom. The highest BCUT2D eigenvalue weighted by atomic mass is 19.4. The summed E-state index contributed by atoms with van der Waals surface area (Å²) in [7, 11) is 1.22. The number of allylic oxidation sites excluding steroid dienone is 1. The standard InChI is InChI=1S/C17H19F3N2O3/c1-3-4-5-12-13(15(23)25-2)14(22-16(24)21-12)10-6-8-11(9-7-10)17(18,19)20/h6-9,14H,3-5H2,1-2H3,(H2,21,22,24). The summed E-state index contributed by atoms with van der Waals surface area (Å²) >= 11 is 0. The van der Waals surface area contributed by atoms with Gasteiger partial charge in [0.15, 0.2) is 0 Å². The molecule has 2 N–H and O–H groups in total. The van der Waals surface area contributed by atoms with E-state index >= 15 is 0 Å². The minimum atomic E-state index is -4.46. The zero-order valence-electron chi connectivity index (χ0n) is 13.9. The van der Waals surface area contributed by atoms with E-state index in [0.29, 0.717) is 17.7 Å². The van der Waals surface area contributed by atoms with Crippen LogP contribution in [0.2, 0.25) is 0 Å². The molecule has 0 spiro atoms. The molecule has 8 heteroatoms. The first-order chi connectivity index (χ1) is 11.8. The highest BCUT2D eigenvalue weighted by Crippen LogP contribution is 2.33. The number of nitrogens with one attached hydrogen (secondary N) is 2. The topological polar surface area (TPSA) is 67.4 Å². The largest absolute Gasteiger partial charge is 0.466 e. The lowest BCUT2D eigenvalue weighted by molar-refractivity contribution is -0.138. The third kappa shape index (κ3) is 4.32. The van der Waals surface area contributed by atoms with Crippen LogP contribution in [0, 0.1) is 0 Å². The van der Waals surface area contributed by atoms with Crippen LogP contribution in [0.4, 0.5) is 18.0 Å². The Balaban J connectivity index is 2.44. The van der Waals surface area contributed by atoms with Crippen molar-refractivity contribution in [1.82, 2.24) is 10.6 Å². The van der Waals surface area contributed by atoms with Gasteiger partial charge in [-0.2, -0.15) is 13.2 Å². The van der Waals surface area contributed by atoms with Gasteiger partial charge in [-0.15, -0.1) is 0 Å². The van der Waals surface area contributed by atoms with Crippen LogP contribution in [-0.2, 0) is 15.7 Å². The Morgan fingerprint density at radius 1 is 1.24 bits per heavy atom. The predicted octanol–water partition coefficient (Wildman–Crippen LogP) is 3.68. The summed E-state index contributed by atoms with van der Waals surface area (Å²) in [4.78, 5) is 24.1. The maximum absolute atomic E-state index is 12.7. The fourth-order valence-electron chi connectivity index (χ4n) is 2.63. The number of unbranched alkanes of at least 4 members (excludes halogenated alkanes) is 1. The Morgan fingerprint density at radius 2 is 1.88 bits per heavy atom. The maximum atomic E-state index is 12.7. The van der Waals surface area contributed by atoms with Gasteiger partial charge in [0.05, 0.1) is 24.3 Å². The van der Waals surface area contributed by atoms with Gasteiger partial charge in [0.1, 0.15) is 0 Å². The molecule has 25 heavy (non-hydrogen) atoms. The molecule has 0 aliphatic carbocycles. The molecule has 1 atom stereocenters. The van der Waals surface area contributed by atoms with Gasteiger partial charge < -0.3 is 15.4 Å². The molecule has 0 fully saturated rings. The number of methoxy groups -OCH3 is 1. The lowest BCUT2D eigenvalue weighted by Crippen LogP contribution is -2.45. The summed E-state index contributed by atoms with van der Waals surface area (Å²) < 4.78 is 43.0. The monoisotopic (exact) mass is 356 g/mol. The molecule has 1 aromatic rings. The number of amides is 2. The fraction of sp³-hybridized carbons (Fsp3) is 0.412. The summed E-state index contributed by atoms with van der Waals surface area (Å²) in [5.74, 6) is -0.636. The van der Waals surface area contributed by atoms with Crippen LogP contribution in [0.5, 0.6) is 0 Å². The van der Waals surface area contributed by atoms with Crippen molar-refractivity contribution in [2.75, 3.05) is 7.11 Å². The van der Waals surface area contributed by atoms with E-state index < -0.39 is 29.8 Å². The average Bonchev–Trinajstić information content (AvgIpc) is 2.58. The van der Waals surface area contributed by atoms with Gasteiger partial charge in [0.2, 0.25) is 0 Å². The number of alkyl halides is 3. The van der Waals surface area contributed by atoms with Crippen LogP contribution in [0.3, 0.4) is 0 Å². The second-order valence-electron chi connectivity index (χ2n) is 5.64. The number of hydrogen-bond acceptors (Lipinski definition) is 3. The number of urea groups is 1. The first-order valence-electron chi connectivity index (χ1n) is 7.84. The molecule has 0 radical (unpaired) electrons. The summed E-state index contributed by atoms with van der Waals surface area (Å²) in [6.45, 7) is 1.97. The Labute approximate surface area is 143 Å². The van der Waals surface area contributed by atoms with Crippen molar-refractivity contribution in [2.24, 2.45) is 0 Å². The zero-order chi connectivity index (χ0) is 18.6. The number of carbonyl (C=O) groups excluding carboxylic acids is 2. The van der Waals surface area contributed by atoms with Crippen LogP contribution < -0.4 is 10.6 Å². The van der Waals surface area contributed by atoms with E-state index in [4.69, 9.17) is 4.74 Å². The van der Waals surface area contributed by atoms with Gasteiger partial charge in [-0.1, -0.05) is 25.5 Å². The van der Waals surface area contributed by atoms with Gasteiger partial charge in [0.25, 0.3) is 0 Å². The highest BCUT2D eigenvalue weighted by molar-refractivity contribution is 5.95. The smallest absolute Gasteiger partial charge is 0.416 e. The van der Waals surface area contributed by atoms with Crippen molar-refractivity contribution >= 4 is 12.0 Å². The number of rotatable bonds is 5. The molecule has 2 amide bonds. The lowest BCUT2D eigenvalue weighted by Gasteiger charge is -2.29. The molecule has 0 saturated heterocycles. The SMILES string of the molecule is CCCCC1=C(C(=O)OC)C(c2ccc(C(F)(F)F)cc2)NC(=O)N1. The highest BCUT2D eigenvalue weighted by Gasteiger charge is 2.34. The predicted molar refractivity (Wildman–Crippen MR) is 84.4 cm³/mol. The number of hydrogen-bond donors (Lipinski definition) is 2. The van der Waals surface area contributed by atoms with Crippen molar-refractivity contribution in [2.45, 2.75) is 38.4 Å². The molecular weight excluding hydrogens is 337 g/mol. The van der Waals surface area contributed by atoms with E-state index in [-0.39, 0.29) is 5.57 Å². The summed E-state index contributed by atoms with van der Waals surface area (Å²) in [6.07, 6.45) is -2.39. The number of halogens is 3. The Hall–Kier alpha value is -2.51. The van der Waals surface area contributed by atoms with E-state index in [1.165, 1.54) is 19.2 Å². The molecular formula is C17H19F3N2O3. The fourth-order valence-corrected chi connectivity index (χ4v) is 2.63. The third-order valence-corrected chi connectivity index (χ3v) is 3.91. The number of carbonyl (C=O) groups is 2. The Kier molecular flexibility index (Phi) is 5.71. The van der Waals surface area contributed by atoms with Gasteiger partial charge in [-0.05, 0) is 30.5 Å². The van der Waals surface area contributed by atoms with Crippen LogP contribution in [0.25, 0.3) is 0 Å². The minimum absolute atomic E-state index is 0.204. The van der Waals surface area contributed by atoms with E-state index in [0.717, 1.165) is 25.0 Å². The molecule has 0 bridgehead atoms. The van der Waals surface area contributed by atoms with Gasteiger partial charge in [-0.3, -0.25) is 0 Å². The van der Waals surface area contributed by atoms with Crippen molar-refractivity contribution < 1.29 is 27.5 Å². The molecule has 1 aliphatic heterocycles. The maximum Gasteiger partial charge on any atom is 0.416 e. The number of esters is 1. The normalized spacial score (nSPS) is 17.8. The van der Waals surface area contributed by atoms with Crippen molar-refractivity contribution in [3.8, 4) is 0 Å². The Bertz CT molecular complexity index is 681. The number of benzene rings is 1. The first kappa shape index (κ1) is 18.8. The van der Waals surface area contributed by atoms with E-state index in [1.807, 2.05) is 6.92 Å². The van der Waals surface area contributed by atoms with E-state index in [9.17, 15) is 22.8 Å². The van der Waals surface area contributed by atoms with E-state index in [2.05, 4.69) is 10.6 Å². The quantitative estimate of drug-likeness (QED) is 0.791. The lowest BCUT2D eigenvalue weighted by atomic mass is 9.93. The van der Waals surface area contributed by atoms with Crippen molar-refractivity contribution in [3.05, 3.63) is 46.7 Å². The molecule has 1 heterocycles. The van der Waals surface area contributed by atoms with Crippen molar-refractivity contribution in [3.63, 3.8) is 0 Å². The molecule has 0 aromatic heterocycles. The molecule has 2 rings (SSSR count). The summed E-state index contributed by atoms with van der Waals surface area (Å²) in [5.41, 5.74) is 0.209. The van der Waals surface area contributed by atoms with Crippen LogP contribution in [-0.4, -0.2) is 19.1 Å². The van der Waals surface area contributed by atoms with Gasteiger partial charge in [0, 0.05) is 5.70 Å². The molecule has 136 valence electrons. The molecule has 0 saturated carbocycles. The summed E-state index contributed by atoms with van der Waals surface area (Å²) in [5, 5.41) is 5.17. The minimum Gasteiger partial charge on any atom is -0.466 e. The molecule has 1 aromatic carbocycles. The molecule has 1 aliphatic rings. The second kappa shape index (κ2) is 7.58. The summed E-state index contributed by atoms with van der Waals surface area (Å²) in [6, 6.07) is 2.96. The van der Waals surface area contributed by atoms with E-state index in [1.54, 1.807) is 0 Å². The van der Waals surface area contributed by atoms with Crippen LogP contribution >= 0.6 is 0 Å². The molecule has 5 nitrogen and oxygen atoms in total. The third-order valence-electron chi connectivity index (χ3n) is 3.91. The second-order valence-corrected chi connectivity index (χ2v) is 5.64. The van der Waals surface area contributed by atoms with Crippen LogP contribution in [0.1, 0.15) is 43.4 Å². The first-order valence-corrected chi connectivity index (χ1v) is 7.84. The zero-order valence-corrected chi connectivity index (χ0v) is 13.9. The van der Waals surface area contributed by atoms with Gasteiger partial charge >= 0.3 is 18.2 Å². The number of ether oxygens (including phenoxy) is 1. The van der Waals surface area contributed by atoms with Crippen LogP contribution in [0.15, 0.2) is 35.5 Å². The average molecular weight is 356 g/mol. The van der Waals surface area contributed by atoms with Gasteiger partial charge in [-0.25, -0.2) is 9.59 Å². The molecule has 1 unspecified atom stereocenters.